The van der Waals surface area contributed by atoms with E-state index in [1.807, 2.05) is 19.1 Å². The molecule has 0 saturated carbocycles. The number of benzene rings is 1. The summed E-state index contributed by atoms with van der Waals surface area (Å²) in [6.07, 6.45) is 5.51. The van der Waals surface area contributed by atoms with Gasteiger partial charge < -0.3 is 14.9 Å². The summed E-state index contributed by atoms with van der Waals surface area (Å²) in [4.78, 5) is 13.2. The van der Waals surface area contributed by atoms with E-state index in [0.29, 0.717) is 6.04 Å². The molecule has 7 nitrogen and oxygen atoms in total. The van der Waals surface area contributed by atoms with Crippen molar-refractivity contribution in [3.05, 3.63) is 42.4 Å². The average Bonchev–Trinajstić information content (AvgIpc) is 3.13. The van der Waals surface area contributed by atoms with Crippen LogP contribution >= 0.6 is 0 Å². The second kappa shape index (κ2) is 7.59. The summed E-state index contributed by atoms with van der Waals surface area (Å²) in [5.41, 5.74) is 4.39. The number of anilines is 1. The minimum atomic E-state index is 0.233. The highest BCUT2D eigenvalue weighted by Crippen LogP contribution is 2.39. The van der Waals surface area contributed by atoms with E-state index in [4.69, 9.17) is 0 Å². The van der Waals surface area contributed by atoms with Gasteiger partial charge in [-0.25, -0.2) is 9.97 Å². The van der Waals surface area contributed by atoms with E-state index in [2.05, 4.69) is 44.1 Å². The van der Waals surface area contributed by atoms with Crippen LogP contribution < -0.4 is 4.90 Å². The van der Waals surface area contributed by atoms with E-state index in [0.717, 1.165) is 59.8 Å². The van der Waals surface area contributed by atoms with Crippen molar-refractivity contribution in [1.29, 1.82) is 0 Å². The molecule has 1 aliphatic rings. The van der Waals surface area contributed by atoms with Gasteiger partial charge in [0.1, 0.15) is 23.6 Å². The third-order valence-electron chi connectivity index (χ3n) is 5.51. The fourth-order valence-corrected chi connectivity index (χ4v) is 3.94. The lowest BCUT2D eigenvalue weighted by Gasteiger charge is -2.36. The van der Waals surface area contributed by atoms with E-state index in [9.17, 15) is 5.11 Å². The molecule has 3 aromatic rings. The van der Waals surface area contributed by atoms with Gasteiger partial charge in [-0.3, -0.25) is 5.10 Å². The molecule has 0 amide bonds. The zero-order chi connectivity index (χ0) is 19.7. The molecule has 4 rings (SSSR count). The van der Waals surface area contributed by atoms with Gasteiger partial charge in [-0.1, -0.05) is 0 Å². The number of aromatic nitrogens is 4. The summed E-state index contributed by atoms with van der Waals surface area (Å²) in [6.45, 7) is 4.14. The van der Waals surface area contributed by atoms with Crippen molar-refractivity contribution in [2.24, 2.45) is 0 Å². The van der Waals surface area contributed by atoms with Gasteiger partial charge in [0.15, 0.2) is 0 Å². The number of H-pyrrole nitrogens is 1. The van der Waals surface area contributed by atoms with E-state index < -0.39 is 0 Å². The van der Waals surface area contributed by atoms with Crippen LogP contribution in [0.1, 0.15) is 18.4 Å². The van der Waals surface area contributed by atoms with Crippen LogP contribution in [0, 0.1) is 6.92 Å². The molecular formula is C21H26N6O. The first-order chi connectivity index (χ1) is 13.5. The van der Waals surface area contributed by atoms with Crippen molar-refractivity contribution < 1.29 is 5.11 Å². The molecule has 0 bridgehead atoms. The molecule has 0 aliphatic carbocycles. The Balaban J connectivity index is 1.80. The second-order valence-corrected chi connectivity index (χ2v) is 7.59. The van der Waals surface area contributed by atoms with Crippen LogP contribution in [0.4, 0.5) is 5.82 Å². The van der Waals surface area contributed by atoms with Gasteiger partial charge in [-0.15, -0.1) is 0 Å². The van der Waals surface area contributed by atoms with Crippen molar-refractivity contribution in [3.8, 4) is 28.3 Å². The number of aromatic amines is 1. The Morgan fingerprint density at radius 1 is 1.21 bits per heavy atom. The number of likely N-dealkylation sites (tertiary alicyclic amines) is 1. The lowest BCUT2D eigenvalue weighted by molar-refractivity contribution is 0.252. The molecule has 0 spiro atoms. The van der Waals surface area contributed by atoms with Crippen LogP contribution in [0.5, 0.6) is 5.75 Å². The van der Waals surface area contributed by atoms with Gasteiger partial charge in [-0.2, -0.15) is 5.10 Å². The van der Waals surface area contributed by atoms with Crippen LogP contribution in [0.3, 0.4) is 0 Å². The molecule has 1 aliphatic heterocycles. The first-order valence-electron chi connectivity index (χ1n) is 9.60. The Bertz CT molecular complexity index is 927. The molecule has 0 radical (unpaired) electrons. The van der Waals surface area contributed by atoms with E-state index in [1.54, 1.807) is 24.7 Å². The fraction of sp³-hybridized carbons (Fsp3) is 0.381. The van der Waals surface area contributed by atoms with Crippen molar-refractivity contribution >= 4 is 5.82 Å². The summed E-state index contributed by atoms with van der Waals surface area (Å²) >= 11 is 0. The van der Waals surface area contributed by atoms with Crippen molar-refractivity contribution in [2.45, 2.75) is 25.8 Å². The predicted molar refractivity (Wildman–Crippen MR) is 110 cm³/mol. The minimum Gasteiger partial charge on any atom is -0.508 e. The Morgan fingerprint density at radius 2 is 2.00 bits per heavy atom. The largest absolute Gasteiger partial charge is 0.508 e. The lowest BCUT2D eigenvalue weighted by Crippen LogP contribution is -2.42. The SMILES string of the molecule is Cc1cc(O)cc(-c2n[nH]c(N(C)C3CCN(C)CC3)c2-c2ccncn2)c1. The quantitative estimate of drug-likeness (QED) is 0.726. The third kappa shape index (κ3) is 3.57. The average molecular weight is 378 g/mol. The number of aryl methyl sites for hydroxylation is 1. The molecule has 2 N–H and O–H groups in total. The molecule has 1 fully saturated rings. The Kier molecular flexibility index (Phi) is 5.00. The smallest absolute Gasteiger partial charge is 0.134 e. The molecule has 0 atom stereocenters. The standard InChI is InChI=1S/C21H26N6O/c1-14-10-15(12-17(28)11-14)20-19(18-4-7-22-13-23-18)21(25-24-20)27(3)16-5-8-26(2)9-6-16/h4,7,10-13,16,28H,5-6,8-9H2,1-3H3,(H,24,25). The lowest BCUT2D eigenvalue weighted by atomic mass is 10.0. The summed E-state index contributed by atoms with van der Waals surface area (Å²) in [5, 5.41) is 17.9. The molecule has 0 unspecified atom stereocenters. The third-order valence-corrected chi connectivity index (χ3v) is 5.51. The number of hydrogen-bond donors (Lipinski definition) is 2. The zero-order valence-electron chi connectivity index (χ0n) is 16.6. The highest BCUT2D eigenvalue weighted by molar-refractivity contribution is 5.88. The number of rotatable bonds is 4. The topological polar surface area (TPSA) is 81.2 Å². The van der Waals surface area contributed by atoms with Crippen LogP contribution in [0.25, 0.3) is 22.5 Å². The molecule has 7 heteroatoms. The number of phenolic OH excluding ortho intramolecular Hbond substituents is 1. The number of hydrogen-bond acceptors (Lipinski definition) is 6. The van der Waals surface area contributed by atoms with Gasteiger partial charge in [-0.05, 0) is 69.7 Å². The van der Waals surface area contributed by atoms with Crippen molar-refractivity contribution in [1.82, 2.24) is 25.1 Å². The van der Waals surface area contributed by atoms with Crippen LogP contribution in [0.15, 0.2) is 36.8 Å². The number of aromatic hydroxyl groups is 1. The maximum absolute atomic E-state index is 10.1. The second-order valence-electron chi connectivity index (χ2n) is 7.59. The van der Waals surface area contributed by atoms with Gasteiger partial charge in [0.2, 0.25) is 0 Å². The highest BCUT2D eigenvalue weighted by atomic mass is 16.3. The van der Waals surface area contributed by atoms with Gasteiger partial charge in [0.25, 0.3) is 0 Å². The molecule has 1 aromatic carbocycles. The van der Waals surface area contributed by atoms with Gasteiger partial charge in [0, 0.05) is 24.8 Å². The van der Waals surface area contributed by atoms with Gasteiger partial charge in [0.05, 0.1) is 11.3 Å². The van der Waals surface area contributed by atoms with Crippen molar-refractivity contribution in [2.75, 3.05) is 32.1 Å². The normalized spacial score (nSPS) is 15.7. The predicted octanol–water partition coefficient (Wildman–Crippen LogP) is 3.08. The number of piperidine rings is 1. The van der Waals surface area contributed by atoms with Crippen LogP contribution in [-0.2, 0) is 0 Å². The Hall–Kier alpha value is -2.93. The summed E-state index contributed by atoms with van der Waals surface area (Å²) in [7, 11) is 4.28. The maximum atomic E-state index is 10.1. The van der Waals surface area contributed by atoms with E-state index in [-0.39, 0.29) is 5.75 Å². The summed E-state index contributed by atoms with van der Waals surface area (Å²) in [5.74, 6) is 1.18. The first kappa shape index (κ1) is 18.4. The van der Waals surface area contributed by atoms with Gasteiger partial charge >= 0.3 is 0 Å². The molecular weight excluding hydrogens is 352 g/mol. The molecule has 2 aromatic heterocycles. The Morgan fingerprint density at radius 3 is 2.68 bits per heavy atom. The number of phenols is 1. The summed E-state index contributed by atoms with van der Waals surface area (Å²) < 4.78 is 0. The van der Waals surface area contributed by atoms with Crippen molar-refractivity contribution in [3.63, 3.8) is 0 Å². The Labute approximate surface area is 165 Å². The first-order valence-corrected chi connectivity index (χ1v) is 9.60. The van der Waals surface area contributed by atoms with Crippen LogP contribution in [0.2, 0.25) is 0 Å². The molecule has 3 heterocycles. The number of nitrogens with one attached hydrogen (secondary N) is 1. The fourth-order valence-electron chi connectivity index (χ4n) is 3.94. The monoisotopic (exact) mass is 378 g/mol. The molecule has 146 valence electrons. The molecule has 28 heavy (non-hydrogen) atoms. The van der Waals surface area contributed by atoms with E-state index in [1.165, 1.54) is 0 Å². The zero-order valence-corrected chi connectivity index (χ0v) is 16.6. The number of nitrogens with zero attached hydrogens (tertiary/aromatic N) is 5. The van der Waals surface area contributed by atoms with E-state index >= 15 is 0 Å². The highest BCUT2D eigenvalue weighted by Gasteiger charge is 2.27. The van der Waals surface area contributed by atoms with Crippen LogP contribution in [-0.4, -0.2) is 63.4 Å². The summed E-state index contributed by atoms with van der Waals surface area (Å²) in [6, 6.07) is 7.85. The molecule has 1 saturated heterocycles. The maximum Gasteiger partial charge on any atom is 0.134 e. The minimum absolute atomic E-state index is 0.233.